The van der Waals surface area contributed by atoms with Gasteiger partial charge in [0.25, 0.3) is 5.91 Å². The summed E-state index contributed by atoms with van der Waals surface area (Å²) in [7, 11) is -4.29. The zero-order valence-corrected chi connectivity index (χ0v) is 15.5. The number of carbonyl (C=O) groups excluding carboxylic acids is 1. The predicted molar refractivity (Wildman–Crippen MR) is 89.9 cm³/mol. The Hall–Kier alpha value is -2.87. The number of pyridine rings is 1. The molecule has 0 saturated carbocycles. The van der Waals surface area contributed by atoms with Crippen LogP contribution in [-0.4, -0.2) is 38.8 Å². The van der Waals surface area contributed by atoms with Crippen LogP contribution in [0.25, 0.3) is 0 Å². The number of carbonyl (C=O) groups is 1. The first kappa shape index (κ1) is 23.4. The van der Waals surface area contributed by atoms with E-state index in [4.69, 9.17) is 5.73 Å². The van der Waals surface area contributed by atoms with Gasteiger partial charge in [-0.05, 0) is 30.3 Å². The number of halogens is 6. The molecule has 1 aromatic carbocycles. The van der Waals surface area contributed by atoms with Crippen molar-refractivity contribution in [1.82, 2.24) is 10.3 Å². The molecule has 2 rings (SSSR count). The van der Waals surface area contributed by atoms with E-state index in [1.165, 1.54) is 0 Å². The Balaban J connectivity index is 2.16. The quantitative estimate of drug-likeness (QED) is 0.510. The van der Waals surface area contributed by atoms with Crippen LogP contribution < -0.4 is 11.1 Å². The monoisotopic (exact) mass is 457 g/mol. The number of hydrogen-bond acceptors (Lipinski definition) is 6. The van der Waals surface area contributed by atoms with E-state index in [1.807, 2.05) is 0 Å². The lowest BCUT2D eigenvalue weighted by Crippen LogP contribution is -2.30. The molecule has 2 aromatic rings. The topological polar surface area (TPSA) is 111 Å². The molecule has 0 aliphatic carbocycles. The third-order valence-electron chi connectivity index (χ3n) is 3.56. The first-order valence-electron chi connectivity index (χ1n) is 7.88. The molecule has 3 N–H and O–H groups in total. The van der Waals surface area contributed by atoms with Crippen LogP contribution in [0.2, 0.25) is 0 Å². The largest absolute Gasteiger partial charge is 0.522 e. The van der Waals surface area contributed by atoms with E-state index in [1.54, 1.807) is 0 Å². The molecule has 0 bridgehead atoms. The van der Waals surface area contributed by atoms with Crippen molar-refractivity contribution in [1.29, 1.82) is 0 Å². The van der Waals surface area contributed by atoms with Crippen LogP contribution in [-0.2, 0) is 20.8 Å². The van der Waals surface area contributed by atoms with E-state index in [9.17, 15) is 39.6 Å². The summed E-state index contributed by atoms with van der Waals surface area (Å²) < 4.78 is 102. The van der Waals surface area contributed by atoms with Gasteiger partial charge in [-0.3, -0.25) is 9.53 Å². The first-order valence-corrected chi connectivity index (χ1v) is 9.37. The molecule has 0 saturated heterocycles. The predicted octanol–water partition coefficient (Wildman–Crippen LogP) is 2.78. The first-order chi connectivity index (χ1) is 13.7. The summed E-state index contributed by atoms with van der Waals surface area (Å²) in [6, 6.07) is 3.56. The molecule has 0 aliphatic heterocycles. The molecule has 1 amide bonds. The van der Waals surface area contributed by atoms with Gasteiger partial charge in [-0.15, -0.1) is 13.2 Å². The molecule has 0 unspecified atom stereocenters. The van der Waals surface area contributed by atoms with Crippen LogP contribution >= 0.6 is 0 Å². The van der Waals surface area contributed by atoms with Gasteiger partial charge in [0.05, 0.1) is 27.6 Å². The van der Waals surface area contributed by atoms with Crippen molar-refractivity contribution >= 4 is 21.4 Å². The smallest absolute Gasteiger partial charge is 0.397 e. The second-order valence-corrected chi connectivity index (χ2v) is 7.63. The Morgan fingerprint density at radius 3 is 2.17 bits per heavy atom. The summed E-state index contributed by atoms with van der Waals surface area (Å²) in [6.07, 6.45) is -8.75. The van der Waals surface area contributed by atoms with Gasteiger partial charge in [0.2, 0.25) is 9.84 Å². The van der Waals surface area contributed by atoms with E-state index in [2.05, 4.69) is 15.0 Å². The van der Waals surface area contributed by atoms with Crippen LogP contribution in [0.1, 0.15) is 16.1 Å². The molecule has 0 atom stereocenters. The number of sulfone groups is 1. The fourth-order valence-electron chi connectivity index (χ4n) is 2.17. The highest BCUT2D eigenvalue weighted by Crippen LogP contribution is 2.31. The lowest BCUT2D eigenvalue weighted by Gasteiger charge is -2.11. The van der Waals surface area contributed by atoms with Crippen molar-refractivity contribution in [3.63, 3.8) is 0 Å². The minimum atomic E-state index is -4.86. The Kier molecular flexibility index (Phi) is 6.61. The van der Waals surface area contributed by atoms with Crippen LogP contribution in [0.3, 0.4) is 0 Å². The average molecular weight is 457 g/mol. The number of nitrogens with one attached hydrogen (secondary N) is 1. The van der Waals surface area contributed by atoms with Crippen LogP contribution in [0, 0.1) is 0 Å². The Morgan fingerprint density at radius 1 is 1.07 bits per heavy atom. The van der Waals surface area contributed by atoms with Gasteiger partial charge in [0.15, 0.2) is 5.69 Å². The van der Waals surface area contributed by atoms with Crippen molar-refractivity contribution in [2.24, 2.45) is 0 Å². The average Bonchev–Trinajstić information content (AvgIpc) is 2.63. The van der Waals surface area contributed by atoms with Gasteiger partial charge in [0, 0.05) is 12.7 Å². The standard InChI is InChI=1S/C16H13F6N3O4S/c17-15(18,19)9-1-3-10(4-2-9)30(27,28)11-7-12(23)13(25-8-11)14(26)24-5-6-29-16(20,21)22/h1-4,7-8H,5-6,23H2,(H,24,26). The SMILES string of the molecule is Nc1cc(S(=O)(=O)c2ccc(C(F)(F)F)cc2)cnc1C(=O)NCCOC(F)(F)F. The maximum atomic E-state index is 12.6. The van der Waals surface area contributed by atoms with Gasteiger partial charge in [-0.25, -0.2) is 13.4 Å². The fourth-order valence-corrected chi connectivity index (χ4v) is 3.41. The number of rotatable bonds is 6. The molecular formula is C16H13F6N3O4S. The number of anilines is 1. The van der Waals surface area contributed by atoms with Gasteiger partial charge in [-0.2, -0.15) is 13.2 Å². The maximum absolute atomic E-state index is 12.6. The third kappa shape index (κ3) is 5.82. The summed E-state index contributed by atoms with van der Waals surface area (Å²) in [4.78, 5) is 14.6. The van der Waals surface area contributed by atoms with Gasteiger partial charge < -0.3 is 11.1 Å². The van der Waals surface area contributed by atoms with Crippen molar-refractivity contribution in [2.45, 2.75) is 22.3 Å². The number of alkyl halides is 6. The lowest BCUT2D eigenvalue weighted by atomic mass is 10.2. The molecule has 164 valence electrons. The van der Waals surface area contributed by atoms with Crippen LogP contribution in [0.15, 0.2) is 46.3 Å². The van der Waals surface area contributed by atoms with E-state index in [-0.39, 0.29) is 0 Å². The number of amides is 1. The number of nitrogens with zero attached hydrogens (tertiary/aromatic N) is 1. The zero-order chi connectivity index (χ0) is 22.7. The number of nitrogens with two attached hydrogens (primary N) is 1. The molecule has 0 fully saturated rings. The second kappa shape index (κ2) is 8.47. The van der Waals surface area contributed by atoms with Gasteiger partial charge >= 0.3 is 12.5 Å². The summed E-state index contributed by atoms with van der Waals surface area (Å²) >= 11 is 0. The Bertz CT molecular complexity index is 1020. The van der Waals surface area contributed by atoms with Crippen molar-refractivity contribution < 1.29 is 44.3 Å². The molecule has 0 spiro atoms. The number of benzene rings is 1. The molecule has 1 aromatic heterocycles. The second-order valence-electron chi connectivity index (χ2n) is 5.68. The molecular weight excluding hydrogens is 444 g/mol. The molecule has 1 heterocycles. The number of nitrogen functional groups attached to an aromatic ring is 1. The Morgan fingerprint density at radius 2 is 1.67 bits per heavy atom. The minimum absolute atomic E-state index is 0.405. The van der Waals surface area contributed by atoms with Crippen LogP contribution in [0.5, 0.6) is 0 Å². The fraction of sp³-hybridized carbons (Fsp3) is 0.250. The number of aromatic nitrogens is 1. The van der Waals surface area contributed by atoms with E-state index in [0.717, 1.165) is 24.4 Å². The van der Waals surface area contributed by atoms with Crippen molar-refractivity contribution in [3.8, 4) is 0 Å². The summed E-state index contributed by atoms with van der Waals surface area (Å²) in [5.41, 5.74) is 3.71. The van der Waals surface area contributed by atoms with E-state index >= 15 is 0 Å². The Labute approximate surface area is 165 Å². The maximum Gasteiger partial charge on any atom is 0.522 e. The molecule has 0 radical (unpaired) electrons. The minimum Gasteiger partial charge on any atom is -0.397 e. The number of hydrogen-bond donors (Lipinski definition) is 2. The van der Waals surface area contributed by atoms with Crippen molar-refractivity contribution in [2.75, 3.05) is 18.9 Å². The molecule has 30 heavy (non-hydrogen) atoms. The van der Waals surface area contributed by atoms with E-state index < -0.39 is 68.2 Å². The summed E-state index contributed by atoms with van der Waals surface area (Å²) in [5, 5.41) is 2.06. The summed E-state index contributed by atoms with van der Waals surface area (Å²) in [6.45, 7) is -1.39. The highest BCUT2D eigenvalue weighted by molar-refractivity contribution is 7.91. The molecule has 14 heteroatoms. The zero-order valence-electron chi connectivity index (χ0n) is 14.7. The highest BCUT2D eigenvalue weighted by atomic mass is 32.2. The third-order valence-corrected chi connectivity index (χ3v) is 5.30. The normalized spacial score (nSPS) is 12.6. The molecule has 7 nitrogen and oxygen atoms in total. The molecule has 0 aliphatic rings. The summed E-state index contributed by atoms with van der Waals surface area (Å²) in [5.74, 6) is -0.975. The lowest BCUT2D eigenvalue weighted by molar-refractivity contribution is -0.323. The number of ether oxygens (including phenoxy) is 1. The highest BCUT2D eigenvalue weighted by Gasteiger charge is 2.31. The van der Waals surface area contributed by atoms with Crippen LogP contribution in [0.4, 0.5) is 32.0 Å². The van der Waals surface area contributed by atoms with Gasteiger partial charge in [0.1, 0.15) is 0 Å². The van der Waals surface area contributed by atoms with Gasteiger partial charge in [-0.1, -0.05) is 0 Å². The van der Waals surface area contributed by atoms with Crippen molar-refractivity contribution in [3.05, 3.63) is 47.8 Å². The van der Waals surface area contributed by atoms with E-state index in [0.29, 0.717) is 12.1 Å².